The van der Waals surface area contributed by atoms with Gasteiger partial charge >= 0.3 is 6.09 Å². The summed E-state index contributed by atoms with van der Waals surface area (Å²) in [5.41, 5.74) is 1.47. The van der Waals surface area contributed by atoms with Crippen molar-refractivity contribution in [3.63, 3.8) is 0 Å². The van der Waals surface area contributed by atoms with Crippen LogP contribution in [0.5, 0.6) is 0 Å². The third kappa shape index (κ3) is 2.70. The first kappa shape index (κ1) is 9.44. The van der Waals surface area contributed by atoms with E-state index < -0.39 is 6.09 Å². The Hall–Kier alpha value is -1.65. The molecule has 0 aliphatic heterocycles. The van der Waals surface area contributed by atoms with Crippen LogP contribution in [0.25, 0.3) is 0 Å². The predicted octanol–water partition coefficient (Wildman–Crippen LogP) is 1.35. The molecule has 0 spiro atoms. The first-order valence-corrected chi connectivity index (χ1v) is 3.95. The van der Waals surface area contributed by atoms with Crippen molar-refractivity contribution in [1.82, 2.24) is 10.2 Å². The van der Waals surface area contributed by atoms with Gasteiger partial charge in [-0.25, -0.2) is 4.79 Å². The molecule has 1 rings (SSSR count). The maximum absolute atomic E-state index is 11.0. The Bertz CT molecular complexity index is 301. The second-order valence-corrected chi connectivity index (χ2v) is 2.43. The van der Waals surface area contributed by atoms with Crippen LogP contribution in [-0.4, -0.2) is 22.9 Å². The average molecular weight is 181 g/mol. The molecule has 0 bridgehead atoms. The number of nitrogens with zero attached hydrogens (tertiary/aromatic N) is 2. The smallest absolute Gasteiger partial charge is 0.411 e. The molecule has 0 aliphatic rings. The molecule has 0 atom stereocenters. The number of anilines is 1. The Morgan fingerprint density at radius 2 is 2.23 bits per heavy atom. The molecular formula is C8H11N3O2. The van der Waals surface area contributed by atoms with Crippen molar-refractivity contribution < 1.29 is 9.53 Å². The zero-order valence-corrected chi connectivity index (χ0v) is 7.57. The highest BCUT2D eigenvalue weighted by molar-refractivity contribution is 5.85. The quantitative estimate of drug-likeness (QED) is 0.748. The highest BCUT2D eigenvalue weighted by Gasteiger charge is 2.03. The molecule has 1 N–H and O–H groups in total. The van der Waals surface area contributed by atoms with E-state index >= 15 is 0 Å². The molecule has 5 heteroatoms. The highest BCUT2D eigenvalue weighted by Crippen LogP contribution is 2.09. The number of aryl methyl sites for hydroxylation is 1. The number of aromatic nitrogens is 2. The molecular weight excluding hydrogens is 170 g/mol. The van der Waals surface area contributed by atoms with E-state index in [1.807, 2.05) is 6.92 Å². The molecule has 5 nitrogen and oxygen atoms in total. The van der Waals surface area contributed by atoms with Crippen molar-refractivity contribution in [3.05, 3.63) is 18.0 Å². The molecule has 0 radical (unpaired) electrons. The summed E-state index contributed by atoms with van der Waals surface area (Å²) >= 11 is 0. The summed E-state index contributed by atoms with van der Waals surface area (Å²) in [4.78, 5) is 11.0. The summed E-state index contributed by atoms with van der Waals surface area (Å²) in [5, 5.41) is 9.84. The van der Waals surface area contributed by atoms with Gasteiger partial charge in [0.05, 0.1) is 24.7 Å². The minimum absolute atomic E-state index is 0.351. The maximum Gasteiger partial charge on any atom is 0.411 e. The van der Waals surface area contributed by atoms with Crippen LogP contribution in [-0.2, 0) is 4.74 Å². The fraction of sp³-hybridized carbons (Fsp3) is 0.375. The molecule has 0 aliphatic carbocycles. The summed E-state index contributed by atoms with van der Waals surface area (Å²) in [6.07, 6.45) is 2.58. The molecule has 1 aromatic heterocycles. The van der Waals surface area contributed by atoms with Gasteiger partial charge in [-0.3, -0.25) is 5.32 Å². The summed E-state index contributed by atoms with van der Waals surface area (Å²) in [6.45, 7) is 3.93. The monoisotopic (exact) mass is 181 g/mol. The van der Waals surface area contributed by atoms with Gasteiger partial charge in [-0.1, -0.05) is 0 Å². The fourth-order valence-corrected chi connectivity index (χ4v) is 0.790. The highest BCUT2D eigenvalue weighted by atomic mass is 16.5. The summed E-state index contributed by atoms with van der Waals surface area (Å²) in [7, 11) is 0. The zero-order chi connectivity index (χ0) is 9.68. The number of ether oxygens (including phenoxy) is 1. The number of hydrogen-bond donors (Lipinski definition) is 1. The van der Waals surface area contributed by atoms with E-state index in [0.29, 0.717) is 12.3 Å². The topological polar surface area (TPSA) is 64.1 Å². The predicted molar refractivity (Wildman–Crippen MR) is 47.4 cm³/mol. The van der Waals surface area contributed by atoms with Crippen LogP contribution in [0.3, 0.4) is 0 Å². The van der Waals surface area contributed by atoms with Crippen LogP contribution in [0.15, 0.2) is 12.4 Å². The van der Waals surface area contributed by atoms with Gasteiger partial charge in [-0.2, -0.15) is 10.2 Å². The minimum Gasteiger partial charge on any atom is -0.450 e. The molecule has 70 valence electrons. The van der Waals surface area contributed by atoms with Gasteiger partial charge in [0, 0.05) is 0 Å². The van der Waals surface area contributed by atoms with E-state index in [9.17, 15) is 4.79 Å². The van der Waals surface area contributed by atoms with E-state index in [1.165, 1.54) is 6.20 Å². The van der Waals surface area contributed by atoms with Crippen molar-refractivity contribution in [2.45, 2.75) is 13.8 Å². The SMILES string of the molecule is CCOC(=O)Nc1cnncc1C. The van der Waals surface area contributed by atoms with Crippen LogP contribution in [0.2, 0.25) is 0 Å². The summed E-state index contributed by atoms with van der Waals surface area (Å²) in [6, 6.07) is 0. The second-order valence-electron chi connectivity index (χ2n) is 2.43. The maximum atomic E-state index is 11.0. The normalized spacial score (nSPS) is 9.38. The van der Waals surface area contributed by atoms with Crippen molar-refractivity contribution in [2.24, 2.45) is 0 Å². The first-order chi connectivity index (χ1) is 6.24. The number of carbonyl (C=O) groups excluding carboxylic acids is 1. The zero-order valence-electron chi connectivity index (χ0n) is 7.57. The standard InChI is InChI=1S/C8H11N3O2/c1-3-13-8(12)11-7-5-10-9-4-6(7)2/h4-5H,3H2,1-2H3,(H,9,11,12). The van der Waals surface area contributed by atoms with Gasteiger partial charge in [0.25, 0.3) is 0 Å². The molecule has 1 amide bonds. The lowest BCUT2D eigenvalue weighted by Gasteiger charge is -2.05. The fourth-order valence-electron chi connectivity index (χ4n) is 0.790. The lowest BCUT2D eigenvalue weighted by atomic mass is 10.3. The van der Waals surface area contributed by atoms with Gasteiger partial charge in [-0.15, -0.1) is 0 Å². The molecule has 0 unspecified atom stereocenters. The van der Waals surface area contributed by atoms with Gasteiger partial charge in [0.15, 0.2) is 0 Å². The van der Waals surface area contributed by atoms with E-state index in [-0.39, 0.29) is 0 Å². The largest absolute Gasteiger partial charge is 0.450 e. The van der Waals surface area contributed by atoms with Crippen LogP contribution < -0.4 is 5.32 Å². The van der Waals surface area contributed by atoms with Crippen LogP contribution in [0.4, 0.5) is 10.5 Å². The Morgan fingerprint density at radius 1 is 1.54 bits per heavy atom. The third-order valence-electron chi connectivity index (χ3n) is 1.44. The molecule has 0 aromatic carbocycles. The van der Waals surface area contributed by atoms with E-state index in [0.717, 1.165) is 5.56 Å². The number of rotatable bonds is 2. The third-order valence-corrected chi connectivity index (χ3v) is 1.44. The van der Waals surface area contributed by atoms with Crippen molar-refractivity contribution in [1.29, 1.82) is 0 Å². The van der Waals surface area contributed by atoms with Crippen molar-refractivity contribution in [2.75, 3.05) is 11.9 Å². The van der Waals surface area contributed by atoms with Crippen molar-refractivity contribution in [3.8, 4) is 0 Å². The summed E-state index contributed by atoms with van der Waals surface area (Å²) in [5.74, 6) is 0. The van der Waals surface area contributed by atoms with Gasteiger partial charge < -0.3 is 4.74 Å². The summed E-state index contributed by atoms with van der Waals surface area (Å²) < 4.78 is 4.70. The Balaban J connectivity index is 2.63. The Kier molecular flexibility index (Phi) is 3.19. The molecule has 1 heterocycles. The Morgan fingerprint density at radius 3 is 2.85 bits per heavy atom. The van der Waals surface area contributed by atoms with Gasteiger partial charge in [-0.05, 0) is 19.4 Å². The second kappa shape index (κ2) is 4.39. The molecule has 1 aromatic rings. The van der Waals surface area contributed by atoms with Gasteiger partial charge in [0.1, 0.15) is 0 Å². The minimum atomic E-state index is -0.474. The lowest BCUT2D eigenvalue weighted by molar-refractivity contribution is 0.168. The number of carbonyl (C=O) groups is 1. The number of nitrogens with one attached hydrogen (secondary N) is 1. The van der Waals surface area contributed by atoms with Crippen molar-refractivity contribution >= 4 is 11.8 Å². The number of amides is 1. The lowest BCUT2D eigenvalue weighted by Crippen LogP contribution is -2.14. The number of hydrogen-bond acceptors (Lipinski definition) is 4. The van der Waals surface area contributed by atoms with Crippen LogP contribution >= 0.6 is 0 Å². The molecule has 13 heavy (non-hydrogen) atoms. The van der Waals surface area contributed by atoms with E-state index in [4.69, 9.17) is 4.74 Å². The van der Waals surface area contributed by atoms with Crippen LogP contribution in [0.1, 0.15) is 12.5 Å². The average Bonchev–Trinajstić information content (AvgIpc) is 2.09. The van der Waals surface area contributed by atoms with E-state index in [1.54, 1.807) is 13.1 Å². The van der Waals surface area contributed by atoms with Crippen LogP contribution in [0, 0.1) is 6.92 Å². The molecule has 0 fully saturated rings. The molecule has 0 saturated carbocycles. The van der Waals surface area contributed by atoms with Gasteiger partial charge in [0.2, 0.25) is 0 Å². The Labute approximate surface area is 76.1 Å². The molecule has 0 saturated heterocycles. The first-order valence-electron chi connectivity index (χ1n) is 3.95. The van der Waals surface area contributed by atoms with E-state index in [2.05, 4.69) is 15.5 Å².